The molecule has 4 nitrogen and oxygen atoms in total. The Morgan fingerprint density at radius 2 is 1.95 bits per heavy atom. The summed E-state index contributed by atoms with van der Waals surface area (Å²) < 4.78 is 0. The zero-order valence-corrected chi connectivity index (χ0v) is 12.3. The lowest BCUT2D eigenvalue weighted by atomic mass is 9.97. The summed E-state index contributed by atoms with van der Waals surface area (Å²) in [6.45, 7) is 4.64. The predicted octanol–water partition coefficient (Wildman–Crippen LogP) is 2.85. The highest BCUT2D eigenvalue weighted by Crippen LogP contribution is 2.41. The number of nitrogens with one attached hydrogen (secondary N) is 1. The van der Waals surface area contributed by atoms with Crippen LogP contribution < -0.4 is 15.3 Å². The number of hydrogen-bond acceptors (Lipinski definition) is 4. The van der Waals surface area contributed by atoms with Gasteiger partial charge in [0.1, 0.15) is 6.34 Å². The monoisotopic (exact) mass is 270 g/mol. The number of benzene rings is 1. The Hall–Kier alpha value is -1.71. The van der Waals surface area contributed by atoms with E-state index in [-0.39, 0.29) is 0 Å². The number of aliphatic imine (C=N–C) groups is 1. The third kappa shape index (κ3) is 1.86. The van der Waals surface area contributed by atoms with Crippen LogP contribution in [-0.2, 0) is 0 Å². The van der Waals surface area contributed by atoms with Crippen LogP contribution in [0.5, 0.6) is 0 Å². The molecule has 4 rings (SSSR count). The van der Waals surface area contributed by atoms with Crippen LogP contribution in [0.15, 0.2) is 17.1 Å². The fourth-order valence-corrected chi connectivity index (χ4v) is 4.13. The van der Waals surface area contributed by atoms with Gasteiger partial charge in [-0.05, 0) is 55.7 Å². The van der Waals surface area contributed by atoms with Crippen molar-refractivity contribution in [3.05, 3.63) is 17.7 Å². The highest BCUT2D eigenvalue weighted by Gasteiger charge is 2.33. The van der Waals surface area contributed by atoms with Crippen molar-refractivity contribution < 1.29 is 0 Å². The minimum absolute atomic E-state index is 0.915. The van der Waals surface area contributed by atoms with Gasteiger partial charge in [-0.15, -0.1) is 0 Å². The van der Waals surface area contributed by atoms with E-state index in [9.17, 15) is 0 Å². The second kappa shape index (κ2) is 4.40. The molecule has 2 bridgehead atoms. The standard InChI is InChI=1S/C16H22N4/c1-11-5-14(7-15-16(11)19(2)18-10-17-15)20-8-12-3-4-13(6-12)9-20/h5,7,10,12-13H,3-4,6,8-9H2,1-2H3,(H,17,18). The van der Waals surface area contributed by atoms with Gasteiger partial charge in [0.05, 0.1) is 11.4 Å². The molecule has 0 aromatic heterocycles. The second-order valence-electron chi connectivity index (χ2n) is 6.53. The average Bonchev–Trinajstić information content (AvgIpc) is 2.77. The zero-order chi connectivity index (χ0) is 13.7. The summed E-state index contributed by atoms with van der Waals surface area (Å²) in [5.41, 5.74) is 8.05. The van der Waals surface area contributed by atoms with Crippen molar-refractivity contribution in [3.63, 3.8) is 0 Å². The van der Waals surface area contributed by atoms with Crippen LogP contribution in [0.4, 0.5) is 17.1 Å². The molecule has 1 aliphatic carbocycles. The number of nitrogens with zero attached hydrogens (tertiary/aromatic N) is 3. The lowest BCUT2D eigenvalue weighted by Gasteiger charge is -2.35. The van der Waals surface area contributed by atoms with Crippen LogP contribution in [0, 0.1) is 18.8 Å². The number of anilines is 2. The first-order chi connectivity index (χ1) is 9.70. The average molecular weight is 270 g/mol. The molecule has 20 heavy (non-hydrogen) atoms. The Morgan fingerprint density at radius 3 is 2.70 bits per heavy atom. The molecule has 2 fully saturated rings. The van der Waals surface area contributed by atoms with E-state index in [1.165, 1.54) is 49.3 Å². The van der Waals surface area contributed by atoms with Gasteiger partial charge in [0.15, 0.2) is 0 Å². The molecule has 3 aliphatic rings. The normalized spacial score (nSPS) is 27.5. The van der Waals surface area contributed by atoms with Gasteiger partial charge in [-0.25, -0.2) is 4.99 Å². The third-order valence-electron chi connectivity index (χ3n) is 5.03. The number of aryl methyl sites for hydroxylation is 1. The number of rotatable bonds is 1. The summed E-state index contributed by atoms with van der Waals surface area (Å²) >= 11 is 0. The van der Waals surface area contributed by atoms with E-state index < -0.39 is 0 Å². The lowest BCUT2D eigenvalue weighted by Crippen LogP contribution is -2.37. The number of hydrazine groups is 1. The molecule has 2 aliphatic heterocycles. The van der Waals surface area contributed by atoms with E-state index in [4.69, 9.17) is 0 Å². The Morgan fingerprint density at radius 1 is 1.20 bits per heavy atom. The summed E-state index contributed by atoms with van der Waals surface area (Å²) in [4.78, 5) is 7.09. The van der Waals surface area contributed by atoms with Gasteiger partial charge in [0.2, 0.25) is 0 Å². The van der Waals surface area contributed by atoms with Crippen LogP contribution in [0.1, 0.15) is 24.8 Å². The first-order valence-electron chi connectivity index (χ1n) is 7.63. The Bertz CT molecular complexity index is 554. The number of piperidine rings is 1. The molecule has 0 amide bonds. The van der Waals surface area contributed by atoms with Gasteiger partial charge in [0, 0.05) is 25.8 Å². The van der Waals surface area contributed by atoms with Crippen molar-refractivity contribution in [2.24, 2.45) is 16.8 Å². The molecule has 106 valence electrons. The van der Waals surface area contributed by atoms with Gasteiger partial charge in [-0.3, -0.25) is 10.4 Å². The maximum absolute atomic E-state index is 4.51. The van der Waals surface area contributed by atoms with E-state index in [0.29, 0.717) is 0 Å². The molecule has 4 heteroatoms. The highest BCUT2D eigenvalue weighted by atomic mass is 15.5. The number of hydrogen-bond donors (Lipinski definition) is 1. The van der Waals surface area contributed by atoms with Crippen molar-refractivity contribution in [2.75, 3.05) is 30.0 Å². The molecule has 1 saturated heterocycles. The molecule has 1 aromatic rings. The van der Waals surface area contributed by atoms with Gasteiger partial charge < -0.3 is 4.90 Å². The fourth-order valence-electron chi connectivity index (χ4n) is 4.13. The van der Waals surface area contributed by atoms with Gasteiger partial charge in [-0.1, -0.05) is 0 Å². The van der Waals surface area contributed by atoms with Crippen LogP contribution in [0.2, 0.25) is 0 Å². The van der Waals surface area contributed by atoms with Gasteiger partial charge in [-0.2, -0.15) is 0 Å². The summed E-state index contributed by atoms with van der Waals surface area (Å²) in [7, 11) is 2.04. The maximum atomic E-state index is 4.51. The van der Waals surface area contributed by atoms with E-state index in [1.807, 2.05) is 12.1 Å². The molecule has 0 spiro atoms. The molecular formula is C16H22N4. The Labute approximate surface area is 120 Å². The Balaban J connectivity index is 1.70. The summed E-state index contributed by atoms with van der Waals surface area (Å²) in [5.74, 6) is 1.83. The highest BCUT2D eigenvalue weighted by molar-refractivity contribution is 5.83. The smallest absolute Gasteiger partial charge is 0.107 e. The molecule has 2 unspecified atom stereocenters. The van der Waals surface area contributed by atoms with Crippen molar-refractivity contribution in [3.8, 4) is 0 Å². The van der Waals surface area contributed by atoms with Crippen LogP contribution in [-0.4, -0.2) is 26.5 Å². The van der Waals surface area contributed by atoms with E-state index in [1.54, 1.807) is 6.34 Å². The van der Waals surface area contributed by atoms with E-state index in [2.05, 4.69) is 34.4 Å². The first kappa shape index (κ1) is 12.1. The van der Waals surface area contributed by atoms with E-state index >= 15 is 0 Å². The molecular weight excluding hydrogens is 248 g/mol. The zero-order valence-electron chi connectivity index (χ0n) is 12.3. The third-order valence-corrected chi connectivity index (χ3v) is 5.03. The minimum Gasteiger partial charge on any atom is -0.371 e. The van der Waals surface area contributed by atoms with Crippen molar-refractivity contribution in [1.29, 1.82) is 0 Å². The first-order valence-corrected chi connectivity index (χ1v) is 7.63. The largest absolute Gasteiger partial charge is 0.371 e. The molecule has 1 saturated carbocycles. The second-order valence-corrected chi connectivity index (χ2v) is 6.53. The molecule has 0 radical (unpaired) electrons. The van der Waals surface area contributed by atoms with Crippen molar-refractivity contribution in [1.82, 2.24) is 5.43 Å². The van der Waals surface area contributed by atoms with Crippen LogP contribution >= 0.6 is 0 Å². The quantitative estimate of drug-likeness (QED) is 0.851. The summed E-state index contributed by atoms with van der Waals surface area (Å²) in [6.07, 6.45) is 6.07. The van der Waals surface area contributed by atoms with Gasteiger partial charge in [0.25, 0.3) is 0 Å². The summed E-state index contributed by atoms with van der Waals surface area (Å²) in [5, 5.41) is 2.04. The van der Waals surface area contributed by atoms with Crippen LogP contribution in [0.25, 0.3) is 0 Å². The SMILES string of the molecule is Cc1cc(N2CC3CCC(C3)C2)cc2c1N(C)NC=N2. The van der Waals surface area contributed by atoms with Crippen LogP contribution in [0.3, 0.4) is 0 Å². The molecule has 1 aromatic carbocycles. The van der Waals surface area contributed by atoms with Crippen molar-refractivity contribution in [2.45, 2.75) is 26.2 Å². The van der Waals surface area contributed by atoms with E-state index in [0.717, 1.165) is 17.5 Å². The van der Waals surface area contributed by atoms with Crippen molar-refractivity contribution >= 4 is 23.4 Å². The fraction of sp³-hybridized carbons (Fsp3) is 0.562. The topological polar surface area (TPSA) is 30.9 Å². The predicted molar refractivity (Wildman–Crippen MR) is 83.9 cm³/mol. The number of fused-ring (bicyclic) bond motifs is 3. The molecule has 1 N–H and O–H groups in total. The Kier molecular flexibility index (Phi) is 2.65. The maximum Gasteiger partial charge on any atom is 0.107 e. The summed E-state index contributed by atoms with van der Waals surface area (Å²) in [6, 6.07) is 4.57. The molecule has 2 atom stereocenters. The van der Waals surface area contributed by atoms with Gasteiger partial charge >= 0.3 is 0 Å². The lowest BCUT2D eigenvalue weighted by molar-refractivity contribution is 0.421. The minimum atomic E-state index is 0.915. The molecule has 2 heterocycles.